The van der Waals surface area contributed by atoms with Gasteiger partial charge in [-0.15, -0.1) is 0 Å². The second-order valence-electron chi connectivity index (χ2n) is 4.28. The molecule has 0 aliphatic carbocycles. The van der Waals surface area contributed by atoms with Crippen LogP contribution in [0.5, 0.6) is 5.75 Å². The SMILES string of the molecule is CNCc1c(Cl)cccc1OCC(O)COCCOC. The molecule has 1 aromatic carbocycles. The van der Waals surface area contributed by atoms with Gasteiger partial charge in [0.1, 0.15) is 18.5 Å². The van der Waals surface area contributed by atoms with Gasteiger partial charge in [0.05, 0.1) is 19.8 Å². The van der Waals surface area contributed by atoms with Gasteiger partial charge in [-0.05, 0) is 19.2 Å². The predicted molar refractivity (Wildman–Crippen MR) is 78.4 cm³/mol. The average Bonchev–Trinajstić information content (AvgIpc) is 2.44. The molecule has 1 unspecified atom stereocenters. The van der Waals surface area contributed by atoms with Crippen molar-refractivity contribution in [2.75, 3.05) is 40.6 Å². The molecule has 1 aromatic rings. The summed E-state index contributed by atoms with van der Waals surface area (Å²) < 4.78 is 15.7. The van der Waals surface area contributed by atoms with E-state index in [9.17, 15) is 5.11 Å². The summed E-state index contributed by atoms with van der Waals surface area (Å²) in [5, 5.41) is 13.4. The minimum atomic E-state index is -0.687. The van der Waals surface area contributed by atoms with Crippen LogP contribution < -0.4 is 10.1 Å². The first-order valence-electron chi connectivity index (χ1n) is 6.48. The first kappa shape index (κ1) is 17.2. The highest BCUT2D eigenvalue weighted by Gasteiger charge is 2.10. The minimum Gasteiger partial charge on any atom is -0.490 e. The third-order valence-corrected chi connectivity index (χ3v) is 2.96. The molecule has 1 rings (SSSR count). The molecule has 0 radical (unpaired) electrons. The van der Waals surface area contributed by atoms with E-state index in [1.54, 1.807) is 7.11 Å². The smallest absolute Gasteiger partial charge is 0.125 e. The lowest BCUT2D eigenvalue weighted by molar-refractivity contribution is -0.00432. The average molecular weight is 304 g/mol. The Kier molecular flexibility index (Phi) is 8.57. The summed E-state index contributed by atoms with van der Waals surface area (Å²) in [6, 6.07) is 5.46. The molecule has 0 saturated carbocycles. The molecule has 0 saturated heterocycles. The van der Waals surface area contributed by atoms with Crippen LogP contribution in [0.3, 0.4) is 0 Å². The Labute approximate surface area is 124 Å². The highest BCUT2D eigenvalue weighted by molar-refractivity contribution is 6.31. The molecule has 5 nitrogen and oxygen atoms in total. The summed E-state index contributed by atoms with van der Waals surface area (Å²) in [5.41, 5.74) is 0.879. The zero-order chi connectivity index (χ0) is 14.8. The summed E-state index contributed by atoms with van der Waals surface area (Å²) >= 11 is 6.12. The summed E-state index contributed by atoms with van der Waals surface area (Å²) in [5.74, 6) is 0.669. The fourth-order valence-electron chi connectivity index (χ4n) is 1.62. The number of rotatable bonds is 10. The molecule has 2 N–H and O–H groups in total. The third kappa shape index (κ3) is 6.07. The molecule has 6 heteroatoms. The number of hydrogen-bond acceptors (Lipinski definition) is 5. The van der Waals surface area contributed by atoms with Crippen molar-refractivity contribution in [2.45, 2.75) is 12.6 Å². The minimum absolute atomic E-state index is 0.157. The van der Waals surface area contributed by atoms with Gasteiger partial charge in [-0.1, -0.05) is 17.7 Å². The molecule has 0 fully saturated rings. The van der Waals surface area contributed by atoms with Crippen LogP contribution in [0.4, 0.5) is 0 Å². The number of aliphatic hydroxyl groups excluding tert-OH is 1. The highest BCUT2D eigenvalue weighted by atomic mass is 35.5. The van der Waals surface area contributed by atoms with Gasteiger partial charge in [0.2, 0.25) is 0 Å². The van der Waals surface area contributed by atoms with E-state index in [2.05, 4.69) is 5.32 Å². The maximum absolute atomic E-state index is 9.76. The van der Waals surface area contributed by atoms with Crippen LogP contribution >= 0.6 is 11.6 Å². The zero-order valence-electron chi connectivity index (χ0n) is 11.9. The van der Waals surface area contributed by atoms with E-state index in [1.807, 2.05) is 25.2 Å². The summed E-state index contributed by atoms with van der Waals surface area (Å²) in [4.78, 5) is 0. The largest absolute Gasteiger partial charge is 0.490 e. The monoisotopic (exact) mass is 303 g/mol. The van der Waals surface area contributed by atoms with Gasteiger partial charge in [0.15, 0.2) is 0 Å². The Morgan fingerprint density at radius 2 is 2.10 bits per heavy atom. The van der Waals surface area contributed by atoms with Crippen molar-refractivity contribution in [1.29, 1.82) is 0 Å². The number of ether oxygens (including phenoxy) is 3. The fraction of sp³-hybridized carbons (Fsp3) is 0.571. The normalized spacial score (nSPS) is 12.4. The van der Waals surface area contributed by atoms with Crippen molar-refractivity contribution in [2.24, 2.45) is 0 Å². The van der Waals surface area contributed by atoms with Crippen LogP contribution in [0.25, 0.3) is 0 Å². The van der Waals surface area contributed by atoms with E-state index in [0.717, 1.165) is 5.56 Å². The van der Waals surface area contributed by atoms with Crippen LogP contribution in [0.2, 0.25) is 5.02 Å². The Balaban J connectivity index is 2.42. The highest BCUT2D eigenvalue weighted by Crippen LogP contribution is 2.26. The van der Waals surface area contributed by atoms with Crippen molar-refractivity contribution < 1.29 is 19.3 Å². The number of aliphatic hydroxyl groups is 1. The van der Waals surface area contributed by atoms with Crippen LogP contribution in [-0.2, 0) is 16.0 Å². The maximum Gasteiger partial charge on any atom is 0.125 e. The van der Waals surface area contributed by atoms with Gasteiger partial charge in [-0.2, -0.15) is 0 Å². The fourth-order valence-corrected chi connectivity index (χ4v) is 1.85. The van der Waals surface area contributed by atoms with Gasteiger partial charge >= 0.3 is 0 Å². The van der Waals surface area contributed by atoms with Gasteiger partial charge in [-0.3, -0.25) is 0 Å². The molecule has 0 aliphatic rings. The lowest BCUT2D eigenvalue weighted by Gasteiger charge is -2.16. The predicted octanol–water partition coefficient (Wildman–Crippen LogP) is 1.46. The van der Waals surface area contributed by atoms with Crippen LogP contribution in [0, 0.1) is 0 Å². The molecule has 0 heterocycles. The zero-order valence-corrected chi connectivity index (χ0v) is 12.7. The van der Waals surface area contributed by atoms with E-state index in [-0.39, 0.29) is 13.2 Å². The van der Waals surface area contributed by atoms with E-state index in [4.69, 9.17) is 25.8 Å². The number of hydrogen-bond donors (Lipinski definition) is 2. The number of methoxy groups -OCH3 is 1. The number of benzene rings is 1. The van der Waals surface area contributed by atoms with Crippen molar-refractivity contribution in [3.05, 3.63) is 28.8 Å². The lowest BCUT2D eigenvalue weighted by Crippen LogP contribution is -2.24. The summed E-state index contributed by atoms with van der Waals surface area (Å²) in [6.45, 7) is 1.94. The Hall–Kier alpha value is -0.850. The Morgan fingerprint density at radius 3 is 2.80 bits per heavy atom. The third-order valence-electron chi connectivity index (χ3n) is 2.60. The molecule has 0 aromatic heterocycles. The maximum atomic E-state index is 9.76. The Bertz CT molecular complexity index is 389. The molecule has 0 bridgehead atoms. The number of halogens is 1. The molecule has 20 heavy (non-hydrogen) atoms. The Morgan fingerprint density at radius 1 is 1.30 bits per heavy atom. The molecular weight excluding hydrogens is 282 g/mol. The molecule has 1 atom stereocenters. The van der Waals surface area contributed by atoms with E-state index < -0.39 is 6.10 Å². The summed E-state index contributed by atoms with van der Waals surface area (Å²) in [7, 11) is 3.44. The van der Waals surface area contributed by atoms with Crippen LogP contribution in [-0.4, -0.2) is 51.8 Å². The van der Waals surface area contributed by atoms with Crippen molar-refractivity contribution in [3.8, 4) is 5.75 Å². The first-order chi connectivity index (χ1) is 9.69. The van der Waals surface area contributed by atoms with E-state index in [0.29, 0.717) is 30.5 Å². The van der Waals surface area contributed by atoms with Crippen LogP contribution in [0.15, 0.2) is 18.2 Å². The molecule has 0 aliphatic heterocycles. The van der Waals surface area contributed by atoms with Crippen molar-refractivity contribution in [1.82, 2.24) is 5.32 Å². The molecule has 0 amide bonds. The van der Waals surface area contributed by atoms with Crippen molar-refractivity contribution >= 4 is 11.6 Å². The topological polar surface area (TPSA) is 60.0 Å². The van der Waals surface area contributed by atoms with Gasteiger partial charge in [0.25, 0.3) is 0 Å². The van der Waals surface area contributed by atoms with Gasteiger partial charge in [0, 0.05) is 24.2 Å². The van der Waals surface area contributed by atoms with Crippen molar-refractivity contribution in [3.63, 3.8) is 0 Å². The lowest BCUT2D eigenvalue weighted by atomic mass is 10.2. The van der Waals surface area contributed by atoms with E-state index in [1.165, 1.54) is 0 Å². The summed E-state index contributed by atoms with van der Waals surface area (Å²) in [6.07, 6.45) is -0.687. The first-order valence-corrected chi connectivity index (χ1v) is 6.86. The molecule has 0 spiro atoms. The van der Waals surface area contributed by atoms with Crippen LogP contribution in [0.1, 0.15) is 5.56 Å². The van der Waals surface area contributed by atoms with Gasteiger partial charge in [-0.25, -0.2) is 0 Å². The second kappa shape index (κ2) is 9.96. The van der Waals surface area contributed by atoms with E-state index >= 15 is 0 Å². The van der Waals surface area contributed by atoms with Gasteiger partial charge < -0.3 is 24.6 Å². The molecular formula is C14H22ClNO4. The quantitative estimate of drug-likeness (QED) is 0.641. The number of nitrogens with one attached hydrogen (secondary N) is 1. The standard InChI is InChI=1S/C14H22ClNO4/c1-16-8-12-13(15)4-3-5-14(12)20-10-11(17)9-19-7-6-18-2/h3-5,11,16-17H,6-10H2,1-2H3. The second-order valence-corrected chi connectivity index (χ2v) is 4.69. The molecule has 114 valence electrons.